The number of fused-ring (bicyclic) bond motifs is 2. The molecule has 3 atom stereocenters. The Morgan fingerprint density at radius 3 is 2.67 bits per heavy atom. The second-order valence-corrected chi connectivity index (χ2v) is 7.54. The lowest BCUT2D eigenvalue weighted by Gasteiger charge is -2.20. The zero-order chi connectivity index (χ0) is 15.2. The Hall–Kier alpha value is -1.18. The maximum atomic E-state index is 11.5. The van der Waals surface area contributed by atoms with E-state index in [-0.39, 0.29) is 21.8 Å². The van der Waals surface area contributed by atoms with Crippen LogP contribution in [0.4, 0.5) is 0 Å². The molecule has 1 heterocycles. The van der Waals surface area contributed by atoms with Crippen LogP contribution in [-0.2, 0) is 14.8 Å². The van der Waals surface area contributed by atoms with E-state index >= 15 is 0 Å². The summed E-state index contributed by atoms with van der Waals surface area (Å²) in [4.78, 5) is 15.2. The lowest BCUT2D eigenvalue weighted by Crippen LogP contribution is -2.23. The molecule has 2 aliphatic carbocycles. The van der Waals surface area contributed by atoms with Gasteiger partial charge in [-0.05, 0) is 30.7 Å². The Morgan fingerprint density at radius 1 is 1.38 bits per heavy atom. The fourth-order valence-electron chi connectivity index (χ4n) is 3.24. The number of nitrogens with two attached hydrogens (primary N) is 1. The third-order valence-corrected chi connectivity index (χ3v) is 5.64. The molecule has 2 aliphatic rings. The van der Waals surface area contributed by atoms with Crippen LogP contribution in [0.1, 0.15) is 19.3 Å². The first-order chi connectivity index (χ1) is 9.84. The molecule has 0 spiro atoms. The first-order valence-electron chi connectivity index (χ1n) is 6.69. The summed E-state index contributed by atoms with van der Waals surface area (Å²) >= 11 is 5.80. The number of sulfonamides is 1. The van der Waals surface area contributed by atoms with Crippen molar-refractivity contribution in [1.82, 2.24) is 4.98 Å². The number of aromatic nitrogens is 1. The monoisotopic (exact) mass is 330 g/mol. The van der Waals surface area contributed by atoms with Gasteiger partial charge in [0.1, 0.15) is 10.7 Å². The van der Waals surface area contributed by atoms with Crippen LogP contribution in [0.3, 0.4) is 0 Å². The van der Waals surface area contributed by atoms with Crippen LogP contribution >= 0.6 is 11.6 Å². The van der Waals surface area contributed by atoms with Crippen LogP contribution in [-0.4, -0.2) is 25.8 Å². The molecule has 2 bridgehead atoms. The number of hydrogen-bond acceptors (Lipinski definition) is 5. The van der Waals surface area contributed by atoms with Gasteiger partial charge in [0, 0.05) is 18.4 Å². The summed E-state index contributed by atoms with van der Waals surface area (Å²) in [6, 6.07) is 2.72. The highest BCUT2D eigenvalue weighted by Crippen LogP contribution is 2.46. The first kappa shape index (κ1) is 14.7. The van der Waals surface area contributed by atoms with Gasteiger partial charge in [-0.3, -0.25) is 4.79 Å². The number of primary sulfonamides is 1. The second kappa shape index (κ2) is 5.23. The minimum atomic E-state index is -3.88. The second-order valence-electron chi connectivity index (χ2n) is 5.65. The van der Waals surface area contributed by atoms with Crippen molar-refractivity contribution in [2.24, 2.45) is 22.9 Å². The van der Waals surface area contributed by atoms with Crippen LogP contribution in [0.5, 0.6) is 5.88 Å². The average Bonchev–Trinajstić information content (AvgIpc) is 2.93. The number of pyridine rings is 1. The summed E-state index contributed by atoms with van der Waals surface area (Å²) in [5.41, 5.74) is 0. The van der Waals surface area contributed by atoms with E-state index < -0.39 is 10.0 Å². The van der Waals surface area contributed by atoms with E-state index in [4.69, 9.17) is 21.5 Å². The van der Waals surface area contributed by atoms with E-state index in [1.54, 1.807) is 0 Å². The van der Waals surface area contributed by atoms with Crippen LogP contribution in [0, 0.1) is 17.8 Å². The molecule has 2 saturated carbocycles. The number of ketones is 1. The molecule has 0 aliphatic heterocycles. The molecule has 0 aromatic carbocycles. The summed E-state index contributed by atoms with van der Waals surface area (Å²) in [5.74, 6) is 1.59. The van der Waals surface area contributed by atoms with E-state index in [0.717, 1.165) is 12.8 Å². The zero-order valence-corrected chi connectivity index (χ0v) is 12.7. The van der Waals surface area contributed by atoms with Crippen molar-refractivity contribution in [1.29, 1.82) is 0 Å². The van der Waals surface area contributed by atoms with E-state index in [1.165, 1.54) is 12.1 Å². The third-order valence-electron chi connectivity index (χ3n) is 4.30. The Morgan fingerprint density at radius 2 is 2.14 bits per heavy atom. The summed E-state index contributed by atoms with van der Waals surface area (Å²) in [7, 11) is -3.88. The van der Waals surface area contributed by atoms with Gasteiger partial charge in [0.05, 0.1) is 6.61 Å². The van der Waals surface area contributed by atoms with Crippen molar-refractivity contribution >= 4 is 27.4 Å². The third kappa shape index (κ3) is 2.90. The fourth-order valence-corrected chi connectivity index (χ4v) is 4.25. The standard InChI is InChI=1S/C13H15ClN2O4S/c14-13-11(21(15,18)19)1-2-12(16-13)20-6-9-4-8-3-7(9)5-10(8)17/h1-2,7-9H,3-6H2,(H2,15,18,19)/t7-,8+,9+/m0/s1. The molecule has 8 heteroatoms. The number of nitrogens with zero attached hydrogens (tertiary/aromatic N) is 1. The maximum absolute atomic E-state index is 11.5. The number of carbonyl (C=O) groups is 1. The molecule has 0 saturated heterocycles. The number of rotatable bonds is 4. The zero-order valence-electron chi connectivity index (χ0n) is 11.2. The lowest BCUT2D eigenvalue weighted by atomic mass is 9.89. The molecule has 1 aromatic heterocycles. The fraction of sp³-hybridized carbons (Fsp3) is 0.538. The smallest absolute Gasteiger partial charge is 0.241 e. The summed E-state index contributed by atoms with van der Waals surface area (Å²) < 4.78 is 28.0. The summed E-state index contributed by atoms with van der Waals surface area (Å²) in [6.07, 6.45) is 2.48. The van der Waals surface area contributed by atoms with Gasteiger partial charge in [-0.25, -0.2) is 18.5 Å². The molecule has 3 rings (SSSR count). The van der Waals surface area contributed by atoms with Crippen LogP contribution in [0.15, 0.2) is 17.0 Å². The Bertz CT molecular complexity index is 691. The quantitative estimate of drug-likeness (QED) is 0.841. The van der Waals surface area contributed by atoms with Crippen molar-refractivity contribution in [3.63, 3.8) is 0 Å². The highest BCUT2D eigenvalue weighted by Gasteiger charge is 2.45. The van der Waals surface area contributed by atoms with Gasteiger partial charge in [-0.15, -0.1) is 0 Å². The van der Waals surface area contributed by atoms with Crippen LogP contribution in [0.25, 0.3) is 0 Å². The maximum Gasteiger partial charge on any atom is 0.241 e. The van der Waals surface area contributed by atoms with Crippen molar-refractivity contribution in [2.45, 2.75) is 24.2 Å². The molecule has 0 radical (unpaired) electrons. The molecular formula is C13H15ClN2O4S. The number of Topliss-reactive ketones (excluding diaryl/α,β-unsaturated/α-hetero) is 1. The Kier molecular flexibility index (Phi) is 3.67. The first-order valence-corrected chi connectivity index (χ1v) is 8.62. The SMILES string of the molecule is NS(=O)(=O)c1ccc(OC[C@H]2C[C@H]3C[C@H]2CC3=O)nc1Cl. The minimum absolute atomic E-state index is 0.196. The largest absolute Gasteiger partial charge is 0.477 e. The topological polar surface area (TPSA) is 99.4 Å². The number of halogens is 1. The van der Waals surface area contributed by atoms with E-state index in [2.05, 4.69) is 4.98 Å². The average molecular weight is 331 g/mol. The normalized spacial score (nSPS) is 28.1. The van der Waals surface area contributed by atoms with Gasteiger partial charge in [-0.1, -0.05) is 11.6 Å². The molecule has 1 aromatic rings. The van der Waals surface area contributed by atoms with E-state index in [1.807, 2.05) is 0 Å². The van der Waals surface area contributed by atoms with Gasteiger partial charge in [0.25, 0.3) is 0 Å². The van der Waals surface area contributed by atoms with Crippen LogP contribution < -0.4 is 9.88 Å². The van der Waals surface area contributed by atoms with Crippen LogP contribution in [0.2, 0.25) is 5.15 Å². The molecule has 0 amide bonds. The number of hydrogen-bond donors (Lipinski definition) is 1. The molecule has 21 heavy (non-hydrogen) atoms. The van der Waals surface area contributed by atoms with Crippen molar-refractivity contribution < 1.29 is 17.9 Å². The van der Waals surface area contributed by atoms with Crippen molar-refractivity contribution in [3.05, 3.63) is 17.3 Å². The van der Waals surface area contributed by atoms with Crippen molar-refractivity contribution in [3.8, 4) is 5.88 Å². The minimum Gasteiger partial charge on any atom is -0.477 e. The highest BCUT2D eigenvalue weighted by atomic mass is 35.5. The summed E-state index contributed by atoms with van der Waals surface area (Å²) in [5, 5.41) is 4.81. The van der Waals surface area contributed by atoms with Gasteiger partial charge in [0.2, 0.25) is 15.9 Å². The molecule has 2 N–H and O–H groups in total. The molecule has 114 valence electrons. The highest BCUT2D eigenvalue weighted by molar-refractivity contribution is 7.89. The van der Waals surface area contributed by atoms with E-state index in [9.17, 15) is 13.2 Å². The summed E-state index contributed by atoms with van der Waals surface area (Å²) in [6.45, 7) is 0.465. The molecule has 0 unspecified atom stereocenters. The predicted octanol–water partition coefficient (Wildman–Crippen LogP) is 1.38. The van der Waals surface area contributed by atoms with Crippen molar-refractivity contribution in [2.75, 3.05) is 6.61 Å². The van der Waals surface area contributed by atoms with E-state index in [0.29, 0.717) is 30.6 Å². The molecule has 2 fully saturated rings. The van der Waals surface area contributed by atoms with Gasteiger partial charge in [-0.2, -0.15) is 0 Å². The lowest BCUT2D eigenvalue weighted by molar-refractivity contribution is -0.122. The number of ether oxygens (including phenoxy) is 1. The van der Waals surface area contributed by atoms with Gasteiger partial charge >= 0.3 is 0 Å². The molecular weight excluding hydrogens is 316 g/mol. The van der Waals surface area contributed by atoms with Gasteiger partial charge < -0.3 is 4.74 Å². The Balaban J connectivity index is 1.64. The predicted molar refractivity (Wildman–Crippen MR) is 75.4 cm³/mol. The number of carbonyl (C=O) groups excluding carboxylic acids is 1. The molecule has 6 nitrogen and oxygen atoms in total. The van der Waals surface area contributed by atoms with Gasteiger partial charge in [0.15, 0.2) is 5.15 Å². The Labute approximate surface area is 127 Å².